The summed E-state index contributed by atoms with van der Waals surface area (Å²) in [7, 11) is 0. The Labute approximate surface area is 149 Å². The van der Waals surface area contributed by atoms with Crippen LogP contribution >= 0.6 is 0 Å². The number of pyridine rings is 1. The van der Waals surface area contributed by atoms with Crippen molar-refractivity contribution in [2.45, 2.75) is 43.9 Å². The Bertz CT molecular complexity index is 921. The highest BCUT2D eigenvalue weighted by molar-refractivity contribution is 5.60. The number of benzene rings is 1. The van der Waals surface area contributed by atoms with Gasteiger partial charge in [-0.3, -0.25) is 4.57 Å². The van der Waals surface area contributed by atoms with Crippen LogP contribution in [0.25, 0.3) is 5.70 Å². The normalized spacial score (nSPS) is 19.5. The van der Waals surface area contributed by atoms with Crippen LogP contribution in [0.2, 0.25) is 0 Å². The molecular weight excluding hydrogens is 341 g/mol. The van der Waals surface area contributed by atoms with E-state index in [2.05, 4.69) is 11.6 Å². The molecule has 26 heavy (non-hydrogen) atoms. The number of alkyl halides is 3. The molecule has 1 aliphatic heterocycles. The minimum Gasteiger partial charge on any atom is -0.466 e. The van der Waals surface area contributed by atoms with Crippen molar-refractivity contribution in [3.05, 3.63) is 60.1 Å². The first-order valence-corrected chi connectivity index (χ1v) is 8.72. The third-order valence-corrected chi connectivity index (χ3v) is 5.11. The van der Waals surface area contributed by atoms with E-state index >= 15 is 0 Å². The second-order valence-electron chi connectivity index (χ2n) is 6.82. The van der Waals surface area contributed by atoms with Gasteiger partial charge in [-0.15, -0.1) is 0 Å². The van der Waals surface area contributed by atoms with E-state index < -0.39 is 17.3 Å². The molecule has 1 aromatic heterocycles. The fourth-order valence-corrected chi connectivity index (χ4v) is 3.78. The quantitative estimate of drug-likeness (QED) is 0.677. The topological polar surface area (TPSA) is 26.5 Å². The van der Waals surface area contributed by atoms with Gasteiger partial charge in [-0.1, -0.05) is 25.1 Å². The van der Waals surface area contributed by atoms with Gasteiger partial charge in [0.15, 0.2) is 5.60 Å². The maximum atomic E-state index is 12.9. The molecule has 2 aromatic rings. The lowest BCUT2D eigenvalue weighted by molar-refractivity contribution is -0.137. The summed E-state index contributed by atoms with van der Waals surface area (Å²) < 4.78 is 46.9. The number of halogens is 3. The molecule has 4 rings (SSSR count). The van der Waals surface area contributed by atoms with Crippen molar-refractivity contribution in [2.75, 3.05) is 0 Å². The molecule has 0 N–H and O–H groups in total. The van der Waals surface area contributed by atoms with E-state index in [1.54, 1.807) is 18.2 Å². The molecule has 2 heterocycles. The van der Waals surface area contributed by atoms with Crippen molar-refractivity contribution < 1.29 is 17.9 Å². The Kier molecular flexibility index (Phi) is 3.93. The van der Waals surface area contributed by atoms with Gasteiger partial charge in [-0.25, -0.2) is 4.99 Å². The van der Waals surface area contributed by atoms with Gasteiger partial charge in [0.1, 0.15) is 5.49 Å². The molecule has 6 heteroatoms. The van der Waals surface area contributed by atoms with Gasteiger partial charge in [0.05, 0.1) is 16.9 Å². The van der Waals surface area contributed by atoms with Crippen LogP contribution in [0.15, 0.2) is 54.0 Å². The van der Waals surface area contributed by atoms with Crippen LogP contribution in [0, 0.1) is 0 Å². The predicted octanol–water partition coefficient (Wildman–Crippen LogP) is 5.31. The van der Waals surface area contributed by atoms with E-state index in [1.807, 2.05) is 10.6 Å². The van der Waals surface area contributed by atoms with Crippen molar-refractivity contribution in [2.24, 2.45) is 4.99 Å². The highest BCUT2D eigenvalue weighted by Gasteiger charge is 2.44. The van der Waals surface area contributed by atoms with E-state index in [0.717, 1.165) is 43.5 Å². The van der Waals surface area contributed by atoms with Gasteiger partial charge in [0, 0.05) is 0 Å². The first kappa shape index (κ1) is 16.9. The number of hydrogen-bond acceptors (Lipinski definition) is 2. The molecule has 0 radical (unpaired) electrons. The lowest BCUT2D eigenvalue weighted by atomic mass is 9.83. The summed E-state index contributed by atoms with van der Waals surface area (Å²) in [5, 5.41) is 0. The summed E-state index contributed by atoms with van der Waals surface area (Å²) in [5.41, 5.74) is 0.464. The van der Waals surface area contributed by atoms with E-state index in [9.17, 15) is 13.2 Å². The Morgan fingerprint density at radius 2 is 1.77 bits per heavy atom. The third kappa shape index (κ3) is 2.83. The van der Waals surface area contributed by atoms with Gasteiger partial charge >= 0.3 is 6.18 Å². The molecule has 3 nitrogen and oxygen atoms in total. The van der Waals surface area contributed by atoms with Crippen molar-refractivity contribution in [1.82, 2.24) is 4.57 Å². The monoisotopic (exact) mass is 360 g/mol. The smallest absolute Gasteiger partial charge is 0.416 e. The minimum absolute atomic E-state index is 0.248. The lowest BCUT2D eigenvalue weighted by Gasteiger charge is -2.32. The molecule has 2 aliphatic rings. The number of fused-ring (bicyclic) bond motifs is 1. The fourth-order valence-electron chi connectivity index (χ4n) is 3.78. The highest BCUT2D eigenvalue weighted by atomic mass is 19.4. The van der Waals surface area contributed by atoms with Crippen molar-refractivity contribution in [3.8, 4) is 5.88 Å². The van der Waals surface area contributed by atoms with Crippen LogP contribution < -0.4 is 10.2 Å². The van der Waals surface area contributed by atoms with Crippen LogP contribution in [-0.4, -0.2) is 10.2 Å². The molecule has 0 unspecified atom stereocenters. The van der Waals surface area contributed by atoms with Gasteiger partial charge in [-0.05, 0) is 56.0 Å². The van der Waals surface area contributed by atoms with Crippen LogP contribution in [0.1, 0.15) is 37.7 Å². The predicted molar refractivity (Wildman–Crippen MR) is 92.9 cm³/mol. The van der Waals surface area contributed by atoms with Crippen LogP contribution in [-0.2, 0) is 6.18 Å². The molecule has 0 amide bonds. The molecule has 136 valence electrons. The summed E-state index contributed by atoms with van der Waals surface area (Å²) in [5.74, 6) is 0.644. The molecule has 1 saturated carbocycles. The average Bonchev–Trinajstić information content (AvgIpc) is 2.88. The van der Waals surface area contributed by atoms with Crippen LogP contribution in [0.4, 0.5) is 18.9 Å². The molecule has 0 saturated heterocycles. The van der Waals surface area contributed by atoms with Crippen molar-refractivity contribution in [1.29, 1.82) is 0 Å². The van der Waals surface area contributed by atoms with Crippen LogP contribution in [0.5, 0.6) is 5.88 Å². The Balaban J connectivity index is 1.79. The zero-order valence-corrected chi connectivity index (χ0v) is 14.2. The Morgan fingerprint density at radius 3 is 2.50 bits per heavy atom. The maximum absolute atomic E-state index is 12.9. The second kappa shape index (κ2) is 6.04. The highest BCUT2D eigenvalue weighted by Crippen LogP contribution is 2.44. The number of nitrogens with zero attached hydrogens (tertiary/aromatic N) is 2. The summed E-state index contributed by atoms with van der Waals surface area (Å²) in [6.45, 7) is 4.23. The molecule has 0 bridgehead atoms. The zero-order valence-electron chi connectivity index (χ0n) is 14.2. The summed E-state index contributed by atoms with van der Waals surface area (Å²) >= 11 is 0. The number of ether oxygens (including phenoxy) is 1. The van der Waals surface area contributed by atoms with E-state index in [1.165, 1.54) is 12.5 Å². The van der Waals surface area contributed by atoms with Gasteiger partial charge in [0.2, 0.25) is 5.88 Å². The number of hydrogen-bond donors (Lipinski definition) is 0. The SMILES string of the molecule is C=C1n2c(cccc2=Nc2cccc(C(F)(F)F)c2)OC12CCCCC2. The number of rotatable bonds is 1. The van der Waals surface area contributed by atoms with Gasteiger partial charge in [-0.2, -0.15) is 13.2 Å². The molecule has 0 atom stereocenters. The average molecular weight is 360 g/mol. The molecule has 1 spiro atoms. The molecule has 1 aromatic carbocycles. The standard InChI is InChI=1S/C20H19F3N2O/c1-14-19(11-3-2-4-12-19)26-18-10-6-9-17(25(14)18)24-16-8-5-7-15(13-16)20(21,22)23/h5-10,13H,1-4,11-12H2. The van der Waals surface area contributed by atoms with E-state index in [-0.39, 0.29) is 5.69 Å². The first-order chi connectivity index (χ1) is 12.4. The summed E-state index contributed by atoms with van der Waals surface area (Å²) in [4.78, 5) is 4.44. The summed E-state index contributed by atoms with van der Waals surface area (Å²) in [6.07, 6.45) is 0.741. The van der Waals surface area contributed by atoms with Gasteiger partial charge in [0.25, 0.3) is 0 Å². The van der Waals surface area contributed by atoms with Crippen molar-refractivity contribution in [3.63, 3.8) is 0 Å². The van der Waals surface area contributed by atoms with Gasteiger partial charge < -0.3 is 4.74 Å². The summed E-state index contributed by atoms with van der Waals surface area (Å²) in [6, 6.07) is 10.4. The van der Waals surface area contributed by atoms with Crippen molar-refractivity contribution >= 4 is 11.4 Å². The van der Waals surface area contributed by atoms with Crippen LogP contribution in [0.3, 0.4) is 0 Å². The minimum atomic E-state index is -4.39. The third-order valence-electron chi connectivity index (χ3n) is 5.11. The first-order valence-electron chi connectivity index (χ1n) is 8.72. The fraction of sp³-hybridized carbons (Fsp3) is 0.350. The Hall–Kier alpha value is -2.50. The molecule has 1 fully saturated rings. The van der Waals surface area contributed by atoms with E-state index in [4.69, 9.17) is 4.74 Å². The Morgan fingerprint density at radius 1 is 1.04 bits per heavy atom. The number of aromatic nitrogens is 1. The molecule has 1 aliphatic carbocycles. The zero-order chi connectivity index (χ0) is 18.4. The largest absolute Gasteiger partial charge is 0.466 e. The lowest BCUT2D eigenvalue weighted by Crippen LogP contribution is -2.36. The molecular formula is C20H19F3N2O. The maximum Gasteiger partial charge on any atom is 0.416 e. The van der Waals surface area contributed by atoms with E-state index in [0.29, 0.717) is 11.4 Å². The second-order valence-corrected chi connectivity index (χ2v) is 6.82.